The second-order valence-corrected chi connectivity index (χ2v) is 9.19. The normalized spacial score (nSPS) is 10.9. The number of nitrogens with zero attached hydrogens (tertiary/aromatic N) is 1. The van der Waals surface area contributed by atoms with Gasteiger partial charge >= 0.3 is 0 Å². The number of carbonyl (C=O) groups is 1. The molecular weight excluding hydrogens is 550 g/mol. The number of hydrogen-bond donors (Lipinski definition) is 2. The third-order valence-electron chi connectivity index (χ3n) is 5.37. The smallest absolute Gasteiger partial charge is 0.261 e. The van der Waals surface area contributed by atoms with E-state index in [0.717, 1.165) is 16.3 Å². The van der Waals surface area contributed by atoms with Gasteiger partial charge in [0.15, 0.2) is 10.7 Å². The zero-order valence-corrected chi connectivity index (χ0v) is 21.4. The molecule has 9 heteroatoms. The van der Waals surface area contributed by atoms with Crippen molar-refractivity contribution in [3.8, 4) is 17.2 Å². The summed E-state index contributed by atoms with van der Waals surface area (Å²) in [5.74, 6) is 0.410. The highest BCUT2D eigenvalue weighted by molar-refractivity contribution is 9.10. The average molecular weight is 567 g/mol. The predicted octanol–water partition coefficient (Wildman–Crippen LogP) is 7.20. The van der Waals surface area contributed by atoms with Crippen LogP contribution >= 0.6 is 39.7 Å². The van der Waals surface area contributed by atoms with Crippen LogP contribution in [0.2, 0.25) is 5.02 Å². The highest BCUT2D eigenvalue weighted by Crippen LogP contribution is 2.37. The van der Waals surface area contributed by atoms with Crippen LogP contribution in [0.25, 0.3) is 33.3 Å². The van der Waals surface area contributed by atoms with Gasteiger partial charge in [0.1, 0.15) is 11.3 Å². The van der Waals surface area contributed by atoms with Crippen molar-refractivity contribution in [3.05, 3.63) is 87.9 Å². The minimum absolute atomic E-state index is 0.118. The van der Waals surface area contributed by atoms with Gasteiger partial charge < -0.3 is 14.5 Å². The molecule has 5 aromatic rings. The number of anilines is 1. The van der Waals surface area contributed by atoms with Gasteiger partial charge in [0.25, 0.3) is 5.91 Å². The summed E-state index contributed by atoms with van der Waals surface area (Å²) in [5.41, 5.74) is 2.96. The number of fused-ring (bicyclic) bond motifs is 2. The standard InChI is InChI=1S/C26H17BrClN3O3S/c1-33-23-18(12-14-6-2-3-7-16(14)22(23)27)24(32)31-26(35)29-15-10-11-19(28)17(13-15)25-30-20-8-4-5-9-21(20)34-25/h2-13H,1H3,(H2,29,31,32,35). The summed E-state index contributed by atoms with van der Waals surface area (Å²) in [6, 6.07) is 22.2. The summed E-state index contributed by atoms with van der Waals surface area (Å²) in [5, 5.41) is 8.16. The Morgan fingerprint density at radius 3 is 2.66 bits per heavy atom. The van der Waals surface area contributed by atoms with Crippen molar-refractivity contribution in [2.75, 3.05) is 12.4 Å². The number of para-hydroxylation sites is 2. The lowest BCUT2D eigenvalue weighted by Gasteiger charge is -2.15. The molecule has 0 spiro atoms. The Bertz CT molecular complexity index is 1590. The highest BCUT2D eigenvalue weighted by atomic mass is 79.9. The van der Waals surface area contributed by atoms with Gasteiger partial charge in [0.05, 0.1) is 27.7 Å². The van der Waals surface area contributed by atoms with Crippen molar-refractivity contribution >= 4 is 78.3 Å². The fourth-order valence-corrected chi connectivity index (χ4v) is 4.89. The van der Waals surface area contributed by atoms with Crippen molar-refractivity contribution in [1.29, 1.82) is 0 Å². The van der Waals surface area contributed by atoms with Crippen molar-refractivity contribution in [1.82, 2.24) is 10.3 Å². The molecule has 0 aliphatic rings. The summed E-state index contributed by atoms with van der Waals surface area (Å²) < 4.78 is 12.0. The van der Waals surface area contributed by atoms with Crippen LogP contribution in [0.4, 0.5) is 5.69 Å². The van der Waals surface area contributed by atoms with Crippen molar-refractivity contribution in [2.45, 2.75) is 0 Å². The number of oxazole rings is 1. The molecule has 5 rings (SSSR count). The van der Waals surface area contributed by atoms with Gasteiger partial charge in [-0.1, -0.05) is 48.0 Å². The molecule has 174 valence electrons. The number of hydrogen-bond acceptors (Lipinski definition) is 5. The number of nitrogens with one attached hydrogen (secondary N) is 2. The molecule has 0 atom stereocenters. The van der Waals surface area contributed by atoms with E-state index < -0.39 is 5.91 Å². The molecule has 0 aliphatic heterocycles. The van der Waals surface area contributed by atoms with Crippen LogP contribution in [0.1, 0.15) is 10.4 Å². The van der Waals surface area contributed by atoms with Crippen LogP contribution in [0.15, 0.2) is 81.7 Å². The minimum Gasteiger partial charge on any atom is -0.495 e. The van der Waals surface area contributed by atoms with Crippen LogP contribution in [-0.2, 0) is 0 Å². The second-order valence-electron chi connectivity index (χ2n) is 7.58. The van der Waals surface area contributed by atoms with E-state index >= 15 is 0 Å². The van der Waals surface area contributed by atoms with E-state index in [2.05, 4.69) is 31.5 Å². The summed E-state index contributed by atoms with van der Waals surface area (Å²) >= 11 is 15.4. The first kappa shape index (κ1) is 23.3. The Morgan fingerprint density at radius 2 is 1.86 bits per heavy atom. The van der Waals surface area contributed by atoms with Crippen LogP contribution < -0.4 is 15.4 Å². The van der Waals surface area contributed by atoms with E-state index in [9.17, 15) is 4.79 Å². The van der Waals surface area contributed by atoms with E-state index in [0.29, 0.717) is 43.5 Å². The summed E-state index contributed by atoms with van der Waals surface area (Å²) in [7, 11) is 1.52. The number of thiocarbonyl (C=S) groups is 1. The molecule has 35 heavy (non-hydrogen) atoms. The Kier molecular flexibility index (Phi) is 6.42. The summed E-state index contributed by atoms with van der Waals surface area (Å²) in [6.45, 7) is 0. The Hall–Kier alpha value is -3.46. The van der Waals surface area contributed by atoms with E-state index in [1.165, 1.54) is 7.11 Å². The molecule has 2 N–H and O–H groups in total. The number of benzene rings is 4. The average Bonchev–Trinajstić information content (AvgIpc) is 3.29. The van der Waals surface area contributed by atoms with Gasteiger partial charge in [0, 0.05) is 5.69 Å². The third kappa shape index (κ3) is 4.60. The summed E-state index contributed by atoms with van der Waals surface area (Å²) in [4.78, 5) is 17.6. The van der Waals surface area contributed by atoms with Crippen LogP contribution in [0.3, 0.4) is 0 Å². The largest absolute Gasteiger partial charge is 0.495 e. The molecule has 1 aromatic heterocycles. The van der Waals surface area contributed by atoms with Gasteiger partial charge in [-0.25, -0.2) is 4.98 Å². The lowest BCUT2D eigenvalue weighted by molar-refractivity contribution is 0.0975. The van der Waals surface area contributed by atoms with E-state index in [1.807, 2.05) is 48.5 Å². The van der Waals surface area contributed by atoms with Gasteiger partial charge in [-0.15, -0.1) is 0 Å². The van der Waals surface area contributed by atoms with E-state index in [4.69, 9.17) is 33.0 Å². The molecule has 0 saturated carbocycles. The van der Waals surface area contributed by atoms with Crippen molar-refractivity contribution < 1.29 is 13.9 Å². The van der Waals surface area contributed by atoms with E-state index in [-0.39, 0.29) is 5.11 Å². The maximum atomic E-state index is 13.1. The zero-order valence-electron chi connectivity index (χ0n) is 18.3. The molecule has 1 amide bonds. The molecule has 1 heterocycles. The number of carbonyl (C=O) groups excluding carboxylic acids is 1. The molecule has 4 aromatic carbocycles. The van der Waals surface area contributed by atoms with Crippen LogP contribution in [0, 0.1) is 0 Å². The zero-order chi connectivity index (χ0) is 24.5. The highest BCUT2D eigenvalue weighted by Gasteiger charge is 2.19. The lowest BCUT2D eigenvalue weighted by atomic mass is 10.1. The monoisotopic (exact) mass is 565 g/mol. The molecular formula is C26H17BrClN3O3S. The topological polar surface area (TPSA) is 76.4 Å². The predicted molar refractivity (Wildman–Crippen MR) is 146 cm³/mol. The lowest BCUT2D eigenvalue weighted by Crippen LogP contribution is -2.34. The van der Waals surface area contributed by atoms with Crippen LogP contribution in [-0.4, -0.2) is 23.1 Å². The van der Waals surface area contributed by atoms with Crippen LogP contribution in [0.5, 0.6) is 5.75 Å². The Morgan fingerprint density at radius 1 is 1.09 bits per heavy atom. The SMILES string of the molecule is COc1c(C(=O)NC(=S)Nc2ccc(Cl)c(-c3nc4ccccc4o3)c2)cc2ccccc2c1Br. The van der Waals surface area contributed by atoms with Gasteiger partial charge in [-0.05, 0) is 75.3 Å². The number of rotatable bonds is 4. The van der Waals surface area contributed by atoms with Gasteiger partial charge in [0.2, 0.25) is 5.89 Å². The first-order valence-corrected chi connectivity index (χ1v) is 12.1. The number of methoxy groups -OCH3 is 1. The maximum absolute atomic E-state index is 13.1. The Labute approximate surface area is 219 Å². The molecule has 0 unspecified atom stereocenters. The molecule has 0 bridgehead atoms. The van der Waals surface area contributed by atoms with Crippen molar-refractivity contribution in [2.24, 2.45) is 0 Å². The molecule has 0 fully saturated rings. The maximum Gasteiger partial charge on any atom is 0.261 e. The number of ether oxygens (including phenoxy) is 1. The van der Waals surface area contributed by atoms with E-state index in [1.54, 1.807) is 24.3 Å². The fourth-order valence-electron chi connectivity index (χ4n) is 3.74. The first-order chi connectivity index (χ1) is 16.9. The number of amides is 1. The first-order valence-electron chi connectivity index (χ1n) is 10.5. The van der Waals surface area contributed by atoms with Gasteiger partial charge in [-0.2, -0.15) is 0 Å². The second kappa shape index (κ2) is 9.65. The third-order valence-corrected chi connectivity index (χ3v) is 6.69. The molecule has 0 aliphatic carbocycles. The quantitative estimate of drug-likeness (QED) is 0.224. The van der Waals surface area contributed by atoms with Gasteiger partial charge in [-0.3, -0.25) is 10.1 Å². The fraction of sp³-hybridized carbons (Fsp3) is 0.0385. The number of halogens is 2. The molecule has 0 radical (unpaired) electrons. The number of aromatic nitrogens is 1. The molecule has 6 nitrogen and oxygen atoms in total. The summed E-state index contributed by atoms with van der Waals surface area (Å²) in [6.07, 6.45) is 0. The molecule has 0 saturated heterocycles. The minimum atomic E-state index is -0.404. The Balaban J connectivity index is 1.38. The van der Waals surface area contributed by atoms with Crippen molar-refractivity contribution in [3.63, 3.8) is 0 Å².